The first-order valence-electron chi connectivity index (χ1n) is 7.50. The highest BCUT2D eigenvalue weighted by Crippen LogP contribution is 2.34. The van der Waals surface area contributed by atoms with Crippen LogP contribution in [0.2, 0.25) is 10.2 Å². The highest BCUT2D eigenvalue weighted by molar-refractivity contribution is 6.34. The Morgan fingerprint density at radius 3 is 2.50 bits per heavy atom. The molecular weight excluding hydrogens is 352 g/mol. The maximum absolute atomic E-state index is 14.6. The van der Waals surface area contributed by atoms with Gasteiger partial charge >= 0.3 is 0 Å². The summed E-state index contributed by atoms with van der Waals surface area (Å²) < 4.78 is 16.5. The second-order valence-corrected chi connectivity index (χ2v) is 6.72. The van der Waals surface area contributed by atoms with Crippen molar-refractivity contribution in [3.05, 3.63) is 46.2 Å². The van der Waals surface area contributed by atoms with Gasteiger partial charge in [0.25, 0.3) is 0 Å². The predicted octanol–water partition coefficient (Wildman–Crippen LogP) is 5.18. The summed E-state index contributed by atoms with van der Waals surface area (Å²) in [7, 11) is 0. The highest BCUT2D eigenvalue weighted by atomic mass is 35.5. The Balaban J connectivity index is 2.33. The van der Waals surface area contributed by atoms with Gasteiger partial charge in [0.2, 0.25) is 0 Å². The molecule has 3 rings (SSSR count). The Morgan fingerprint density at radius 2 is 1.88 bits per heavy atom. The summed E-state index contributed by atoms with van der Waals surface area (Å²) in [5.41, 5.74) is 1.99. The van der Waals surface area contributed by atoms with Crippen LogP contribution in [0.3, 0.4) is 0 Å². The number of halogens is 3. The van der Waals surface area contributed by atoms with Crippen molar-refractivity contribution in [2.24, 2.45) is 0 Å². The van der Waals surface area contributed by atoms with Crippen LogP contribution in [0, 0.1) is 5.82 Å². The third kappa shape index (κ3) is 2.88. The second-order valence-electron chi connectivity index (χ2n) is 5.92. The van der Waals surface area contributed by atoms with Crippen LogP contribution < -0.4 is 0 Å². The Labute approximate surface area is 148 Å². The van der Waals surface area contributed by atoms with Crippen molar-refractivity contribution in [1.29, 1.82) is 0 Å². The Kier molecular flexibility index (Phi) is 4.51. The van der Waals surface area contributed by atoms with Gasteiger partial charge in [-0.25, -0.2) is 14.4 Å². The molecule has 2 aromatic heterocycles. The van der Waals surface area contributed by atoms with Gasteiger partial charge in [-0.2, -0.15) is 0 Å². The minimum absolute atomic E-state index is 0.00532. The van der Waals surface area contributed by atoms with E-state index < -0.39 is 11.9 Å². The van der Waals surface area contributed by atoms with E-state index >= 15 is 0 Å². The minimum Gasteiger partial charge on any atom is -0.385 e. The smallest absolute Gasteiger partial charge is 0.151 e. The van der Waals surface area contributed by atoms with E-state index in [4.69, 9.17) is 23.2 Å². The van der Waals surface area contributed by atoms with Crippen molar-refractivity contribution in [3.63, 3.8) is 0 Å². The van der Waals surface area contributed by atoms with E-state index in [2.05, 4.69) is 9.97 Å². The predicted molar refractivity (Wildman–Crippen MR) is 94.0 cm³/mol. The lowest BCUT2D eigenvalue weighted by Gasteiger charge is -2.15. The summed E-state index contributed by atoms with van der Waals surface area (Å²) in [6.07, 6.45) is 0.629. The fraction of sp³-hybridized carbons (Fsp3) is 0.294. The van der Waals surface area contributed by atoms with Gasteiger partial charge in [0, 0.05) is 17.8 Å². The topological polar surface area (TPSA) is 50.9 Å². The Hall–Kier alpha value is -1.69. The van der Waals surface area contributed by atoms with Gasteiger partial charge in [0.1, 0.15) is 22.6 Å². The molecule has 0 spiro atoms. The lowest BCUT2D eigenvalue weighted by molar-refractivity contribution is 0.182. The molecule has 1 atom stereocenters. The average molecular weight is 368 g/mol. The molecule has 0 radical (unpaired) electrons. The number of pyridine rings is 1. The number of imidazole rings is 1. The SMILES string of the molecule is CC(C)n1c([C@H](C)O)nc2c(F)cc(-c3cc(Cl)ncc3Cl)cc21. The summed E-state index contributed by atoms with van der Waals surface area (Å²) in [4.78, 5) is 8.19. The molecule has 0 aliphatic heterocycles. The number of aliphatic hydroxyl groups excluding tert-OH is 1. The molecule has 3 aromatic rings. The van der Waals surface area contributed by atoms with E-state index in [0.717, 1.165) is 0 Å². The molecule has 0 saturated carbocycles. The molecule has 1 N–H and O–H groups in total. The van der Waals surface area contributed by atoms with Crippen LogP contribution in [0.1, 0.15) is 38.7 Å². The lowest BCUT2D eigenvalue weighted by atomic mass is 10.1. The number of hydrogen-bond acceptors (Lipinski definition) is 3. The first kappa shape index (κ1) is 17.1. The second kappa shape index (κ2) is 6.31. The molecule has 0 amide bonds. The van der Waals surface area contributed by atoms with Gasteiger partial charge in [0.15, 0.2) is 5.82 Å². The third-order valence-electron chi connectivity index (χ3n) is 3.80. The summed E-state index contributed by atoms with van der Waals surface area (Å²) in [5.74, 6) is -0.0530. The first-order chi connectivity index (χ1) is 11.3. The quantitative estimate of drug-likeness (QED) is 0.648. The van der Waals surface area contributed by atoms with Gasteiger partial charge in [-0.1, -0.05) is 23.2 Å². The average Bonchev–Trinajstić information content (AvgIpc) is 2.90. The Morgan fingerprint density at radius 1 is 1.17 bits per heavy atom. The lowest BCUT2D eigenvalue weighted by Crippen LogP contribution is -2.08. The number of aromatic nitrogens is 3. The van der Waals surface area contributed by atoms with Gasteiger partial charge in [-0.15, -0.1) is 0 Å². The molecule has 0 unspecified atom stereocenters. The van der Waals surface area contributed by atoms with Crippen molar-refractivity contribution in [3.8, 4) is 11.1 Å². The van der Waals surface area contributed by atoms with Crippen molar-refractivity contribution < 1.29 is 9.50 Å². The molecule has 2 heterocycles. The van der Waals surface area contributed by atoms with E-state index in [1.54, 1.807) is 19.1 Å². The monoisotopic (exact) mass is 367 g/mol. The van der Waals surface area contributed by atoms with Crippen LogP contribution in [0.25, 0.3) is 22.2 Å². The summed E-state index contributed by atoms with van der Waals surface area (Å²) >= 11 is 12.1. The van der Waals surface area contributed by atoms with Gasteiger partial charge < -0.3 is 9.67 Å². The number of nitrogens with zero attached hydrogens (tertiary/aromatic N) is 3. The highest BCUT2D eigenvalue weighted by Gasteiger charge is 2.20. The number of hydrogen-bond donors (Lipinski definition) is 1. The van der Waals surface area contributed by atoms with Gasteiger partial charge in [0.05, 0.1) is 10.5 Å². The van der Waals surface area contributed by atoms with Crippen LogP contribution in [-0.2, 0) is 0 Å². The Bertz CT molecular complexity index is 922. The van der Waals surface area contributed by atoms with Crippen LogP contribution in [0.15, 0.2) is 24.4 Å². The van der Waals surface area contributed by atoms with Crippen molar-refractivity contribution >= 4 is 34.2 Å². The number of fused-ring (bicyclic) bond motifs is 1. The molecule has 0 saturated heterocycles. The largest absolute Gasteiger partial charge is 0.385 e. The zero-order chi connectivity index (χ0) is 17.6. The molecular formula is C17H16Cl2FN3O. The van der Waals surface area contributed by atoms with E-state index in [-0.39, 0.29) is 16.7 Å². The van der Waals surface area contributed by atoms with Crippen LogP contribution in [-0.4, -0.2) is 19.6 Å². The van der Waals surface area contributed by atoms with Gasteiger partial charge in [-0.3, -0.25) is 0 Å². The van der Waals surface area contributed by atoms with Crippen molar-refractivity contribution in [1.82, 2.24) is 14.5 Å². The number of rotatable bonds is 3. The van der Waals surface area contributed by atoms with Crippen LogP contribution in [0.5, 0.6) is 0 Å². The first-order valence-corrected chi connectivity index (χ1v) is 8.26. The zero-order valence-electron chi connectivity index (χ0n) is 13.4. The fourth-order valence-electron chi connectivity index (χ4n) is 2.80. The van der Waals surface area contributed by atoms with Crippen molar-refractivity contribution in [2.75, 3.05) is 0 Å². The van der Waals surface area contributed by atoms with E-state index in [1.807, 2.05) is 18.4 Å². The van der Waals surface area contributed by atoms with Crippen LogP contribution >= 0.6 is 23.2 Å². The molecule has 126 valence electrons. The molecule has 24 heavy (non-hydrogen) atoms. The molecule has 4 nitrogen and oxygen atoms in total. The van der Waals surface area contributed by atoms with Gasteiger partial charge in [-0.05, 0) is 44.5 Å². The minimum atomic E-state index is -0.804. The number of aliphatic hydroxyl groups is 1. The molecule has 0 aliphatic carbocycles. The summed E-state index contributed by atoms with van der Waals surface area (Å²) in [6, 6.07) is 4.76. The molecule has 1 aromatic carbocycles. The zero-order valence-corrected chi connectivity index (χ0v) is 14.9. The standard InChI is InChI=1S/C17H16Cl2FN3O/c1-8(2)23-14-5-10(11-6-15(19)21-7-12(11)18)4-13(20)16(14)22-17(23)9(3)24/h4-9,24H,1-3H3/t9-/m0/s1. The molecule has 0 fully saturated rings. The van der Waals surface area contributed by atoms with E-state index in [0.29, 0.717) is 27.5 Å². The fourth-order valence-corrected chi connectivity index (χ4v) is 3.17. The van der Waals surface area contributed by atoms with E-state index in [1.165, 1.54) is 12.3 Å². The maximum Gasteiger partial charge on any atom is 0.151 e. The normalized spacial score (nSPS) is 13.0. The molecule has 0 aliphatic rings. The van der Waals surface area contributed by atoms with Crippen LogP contribution in [0.4, 0.5) is 4.39 Å². The molecule has 7 heteroatoms. The maximum atomic E-state index is 14.6. The third-order valence-corrected chi connectivity index (χ3v) is 4.31. The number of benzene rings is 1. The van der Waals surface area contributed by atoms with Crippen molar-refractivity contribution in [2.45, 2.75) is 32.9 Å². The summed E-state index contributed by atoms with van der Waals surface area (Å²) in [5, 5.41) is 10.6. The van der Waals surface area contributed by atoms with E-state index in [9.17, 15) is 9.50 Å². The molecule has 0 bridgehead atoms. The summed E-state index contributed by atoms with van der Waals surface area (Å²) in [6.45, 7) is 5.51.